The van der Waals surface area contributed by atoms with Gasteiger partial charge in [-0.3, -0.25) is 0 Å². The zero-order chi connectivity index (χ0) is 14.2. The van der Waals surface area contributed by atoms with E-state index in [0.717, 1.165) is 18.0 Å². The molecule has 0 aliphatic carbocycles. The Balaban J connectivity index is 1.68. The van der Waals surface area contributed by atoms with Crippen molar-refractivity contribution < 1.29 is 9.47 Å². The molecule has 1 unspecified atom stereocenters. The van der Waals surface area contributed by atoms with Crippen molar-refractivity contribution in [2.24, 2.45) is 0 Å². The summed E-state index contributed by atoms with van der Waals surface area (Å²) in [5.74, 6) is 1.75. The molecule has 0 amide bonds. The van der Waals surface area contributed by atoms with Gasteiger partial charge < -0.3 is 14.8 Å². The Morgan fingerprint density at radius 3 is 2.40 bits per heavy atom. The van der Waals surface area contributed by atoms with Crippen LogP contribution in [0.15, 0.2) is 41.8 Å². The number of rotatable bonds is 8. The van der Waals surface area contributed by atoms with E-state index in [0.29, 0.717) is 19.3 Å². The number of thiophene rings is 1. The van der Waals surface area contributed by atoms with Crippen LogP contribution in [0.25, 0.3) is 0 Å². The van der Waals surface area contributed by atoms with E-state index in [1.54, 1.807) is 11.3 Å². The first-order valence-electron chi connectivity index (χ1n) is 6.92. The van der Waals surface area contributed by atoms with Gasteiger partial charge in [0.05, 0.1) is 6.61 Å². The van der Waals surface area contributed by atoms with Crippen LogP contribution in [0.4, 0.5) is 0 Å². The van der Waals surface area contributed by atoms with E-state index in [2.05, 4.69) is 29.8 Å². The van der Waals surface area contributed by atoms with Gasteiger partial charge in [-0.2, -0.15) is 0 Å². The van der Waals surface area contributed by atoms with Crippen molar-refractivity contribution in [3.8, 4) is 11.5 Å². The molecule has 2 aromatic rings. The van der Waals surface area contributed by atoms with Gasteiger partial charge in [-0.25, -0.2) is 0 Å². The molecule has 2 rings (SSSR count). The zero-order valence-corrected chi connectivity index (χ0v) is 12.8. The van der Waals surface area contributed by atoms with E-state index < -0.39 is 0 Å². The zero-order valence-electron chi connectivity index (χ0n) is 12.0. The summed E-state index contributed by atoms with van der Waals surface area (Å²) in [6.07, 6.45) is 0. The molecule has 1 atom stereocenters. The maximum absolute atomic E-state index is 5.69. The number of hydrogen-bond donors (Lipinski definition) is 1. The van der Waals surface area contributed by atoms with Crippen LogP contribution in [-0.4, -0.2) is 19.8 Å². The number of ether oxygens (including phenoxy) is 2. The van der Waals surface area contributed by atoms with Gasteiger partial charge >= 0.3 is 0 Å². The Morgan fingerprint density at radius 1 is 1.10 bits per heavy atom. The Hall–Kier alpha value is -1.52. The standard InChI is InChI=1S/C16H21NO2S/c1-3-18-14-6-8-15(9-7-14)19-11-10-17-13(2)16-5-4-12-20-16/h4-9,12-13,17H,3,10-11H2,1-2H3. The molecule has 0 aliphatic heterocycles. The predicted molar refractivity (Wildman–Crippen MR) is 83.8 cm³/mol. The molecule has 0 bridgehead atoms. The fourth-order valence-electron chi connectivity index (χ4n) is 1.88. The third kappa shape index (κ3) is 4.54. The van der Waals surface area contributed by atoms with E-state index in [1.165, 1.54) is 4.88 Å². The summed E-state index contributed by atoms with van der Waals surface area (Å²) in [6, 6.07) is 12.3. The van der Waals surface area contributed by atoms with E-state index in [1.807, 2.05) is 31.2 Å². The van der Waals surface area contributed by atoms with Crippen LogP contribution >= 0.6 is 11.3 Å². The molecule has 0 saturated carbocycles. The largest absolute Gasteiger partial charge is 0.494 e. The summed E-state index contributed by atoms with van der Waals surface area (Å²) in [5, 5.41) is 5.55. The fraction of sp³-hybridized carbons (Fsp3) is 0.375. The van der Waals surface area contributed by atoms with Crippen LogP contribution in [-0.2, 0) is 0 Å². The van der Waals surface area contributed by atoms with Crippen molar-refractivity contribution in [2.75, 3.05) is 19.8 Å². The maximum atomic E-state index is 5.69. The highest BCUT2D eigenvalue weighted by molar-refractivity contribution is 7.10. The normalized spacial score (nSPS) is 12.1. The van der Waals surface area contributed by atoms with Gasteiger partial charge in [0.25, 0.3) is 0 Å². The molecule has 0 fully saturated rings. The highest BCUT2D eigenvalue weighted by Gasteiger charge is 2.04. The third-order valence-electron chi connectivity index (χ3n) is 2.93. The minimum atomic E-state index is 0.374. The second-order valence-corrected chi connectivity index (χ2v) is 5.42. The monoisotopic (exact) mass is 291 g/mol. The van der Waals surface area contributed by atoms with Gasteiger partial charge in [0.1, 0.15) is 18.1 Å². The fourth-order valence-corrected chi connectivity index (χ4v) is 2.64. The summed E-state index contributed by atoms with van der Waals surface area (Å²) in [5.41, 5.74) is 0. The third-order valence-corrected chi connectivity index (χ3v) is 3.98. The summed E-state index contributed by atoms with van der Waals surface area (Å²) in [7, 11) is 0. The van der Waals surface area contributed by atoms with Crippen LogP contribution in [0.1, 0.15) is 24.8 Å². The summed E-state index contributed by atoms with van der Waals surface area (Å²) >= 11 is 1.77. The molecular weight excluding hydrogens is 270 g/mol. The lowest BCUT2D eigenvalue weighted by atomic mass is 10.3. The molecule has 0 aliphatic rings. The van der Waals surface area contributed by atoms with Gasteiger partial charge in [0.2, 0.25) is 0 Å². The molecule has 3 nitrogen and oxygen atoms in total. The highest BCUT2D eigenvalue weighted by atomic mass is 32.1. The van der Waals surface area contributed by atoms with Crippen molar-refractivity contribution in [2.45, 2.75) is 19.9 Å². The Kier molecular flexibility index (Phi) is 5.89. The first kappa shape index (κ1) is 14.9. The van der Waals surface area contributed by atoms with Gasteiger partial charge in [-0.15, -0.1) is 11.3 Å². The SMILES string of the molecule is CCOc1ccc(OCCNC(C)c2cccs2)cc1. The molecule has 1 N–H and O–H groups in total. The van der Waals surface area contributed by atoms with Crippen LogP contribution in [0.2, 0.25) is 0 Å². The van der Waals surface area contributed by atoms with Crippen molar-refractivity contribution in [1.29, 1.82) is 0 Å². The summed E-state index contributed by atoms with van der Waals surface area (Å²) in [4.78, 5) is 1.35. The lowest BCUT2D eigenvalue weighted by Crippen LogP contribution is -2.23. The molecule has 108 valence electrons. The van der Waals surface area contributed by atoms with E-state index in [-0.39, 0.29) is 0 Å². The smallest absolute Gasteiger partial charge is 0.119 e. The number of benzene rings is 1. The molecule has 1 aromatic carbocycles. The lowest BCUT2D eigenvalue weighted by molar-refractivity contribution is 0.306. The summed E-state index contributed by atoms with van der Waals surface area (Å²) < 4.78 is 11.1. The van der Waals surface area contributed by atoms with E-state index in [9.17, 15) is 0 Å². The first-order valence-corrected chi connectivity index (χ1v) is 7.80. The Labute approximate surface area is 124 Å². The van der Waals surface area contributed by atoms with Gasteiger partial charge in [-0.05, 0) is 49.6 Å². The van der Waals surface area contributed by atoms with Crippen LogP contribution in [0.3, 0.4) is 0 Å². The maximum Gasteiger partial charge on any atom is 0.119 e. The molecule has 1 heterocycles. The van der Waals surface area contributed by atoms with Crippen LogP contribution < -0.4 is 14.8 Å². The predicted octanol–water partition coefficient (Wildman–Crippen LogP) is 3.88. The van der Waals surface area contributed by atoms with Crippen molar-refractivity contribution >= 4 is 11.3 Å². The van der Waals surface area contributed by atoms with E-state index in [4.69, 9.17) is 9.47 Å². The minimum Gasteiger partial charge on any atom is -0.494 e. The molecule has 1 aromatic heterocycles. The number of hydrogen-bond acceptors (Lipinski definition) is 4. The van der Waals surface area contributed by atoms with E-state index >= 15 is 0 Å². The second-order valence-electron chi connectivity index (χ2n) is 4.44. The Morgan fingerprint density at radius 2 is 1.80 bits per heavy atom. The van der Waals surface area contributed by atoms with Crippen LogP contribution in [0.5, 0.6) is 11.5 Å². The van der Waals surface area contributed by atoms with Crippen molar-refractivity contribution in [1.82, 2.24) is 5.32 Å². The molecule has 20 heavy (non-hydrogen) atoms. The van der Waals surface area contributed by atoms with Crippen molar-refractivity contribution in [3.05, 3.63) is 46.7 Å². The molecule has 0 spiro atoms. The van der Waals surface area contributed by atoms with Gasteiger partial charge in [0, 0.05) is 17.5 Å². The summed E-state index contributed by atoms with van der Waals surface area (Å²) in [6.45, 7) is 6.31. The average Bonchev–Trinajstić information content (AvgIpc) is 3.00. The number of nitrogens with one attached hydrogen (secondary N) is 1. The minimum absolute atomic E-state index is 0.374. The molecule has 4 heteroatoms. The molecule has 0 saturated heterocycles. The second kappa shape index (κ2) is 7.92. The average molecular weight is 291 g/mol. The Bertz CT molecular complexity index is 482. The van der Waals surface area contributed by atoms with Gasteiger partial charge in [-0.1, -0.05) is 6.07 Å². The lowest BCUT2D eigenvalue weighted by Gasteiger charge is -2.13. The topological polar surface area (TPSA) is 30.5 Å². The molecule has 0 radical (unpaired) electrons. The quantitative estimate of drug-likeness (QED) is 0.749. The molecular formula is C16H21NO2S. The van der Waals surface area contributed by atoms with Crippen molar-refractivity contribution in [3.63, 3.8) is 0 Å². The first-order chi connectivity index (χ1) is 9.79. The van der Waals surface area contributed by atoms with Gasteiger partial charge in [0.15, 0.2) is 0 Å². The van der Waals surface area contributed by atoms with Crippen LogP contribution in [0, 0.1) is 0 Å². The highest BCUT2D eigenvalue weighted by Crippen LogP contribution is 2.18.